The summed E-state index contributed by atoms with van der Waals surface area (Å²) in [5.41, 5.74) is 1.35. The van der Waals surface area contributed by atoms with Crippen molar-refractivity contribution in [3.05, 3.63) is 10.6 Å². The molecule has 0 fully saturated rings. The number of anilines is 1. The molecule has 1 atom stereocenters. The molecule has 0 bridgehead atoms. The molecule has 1 aliphatic rings. The molecular weight excluding hydrogens is 216 g/mol. The van der Waals surface area contributed by atoms with Crippen molar-refractivity contribution in [1.29, 1.82) is 0 Å². The Hall–Kier alpha value is -0.570. The van der Waals surface area contributed by atoms with Crippen LogP contribution >= 0.6 is 11.3 Å². The van der Waals surface area contributed by atoms with E-state index in [1.165, 1.54) is 29.8 Å². The molecule has 0 radical (unpaired) electrons. The predicted molar refractivity (Wildman–Crippen MR) is 71.2 cm³/mol. The van der Waals surface area contributed by atoms with Crippen LogP contribution in [0.2, 0.25) is 0 Å². The fourth-order valence-corrected chi connectivity index (χ4v) is 3.52. The van der Waals surface area contributed by atoms with Gasteiger partial charge < -0.3 is 5.32 Å². The van der Waals surface area contributed by atoms with Crippen molar-refractivity contribution in [3.63, 3.8) is 0 Å². The number of rotatable bonds is 3. The molecule has 16 heavy (non-hydrogen) atoms. The number of hydrogen-bond donors (Lipinski definition) is 1. The number of nitrogens with one attached hydrogen (secondary N) is 1. The predicted octanol–water partition coefficient (Wildman–Crippen LogP) is 3.72. The third-order valence-electron chi connectivity index (χ3n) is 3.33. The molecule has 1 aromatic heterocycles. The van der Waals surface area contributed by atoms with Gasteiger partial charge in [-0.25, -0.2) is 4.98 Å². The molecule has 0 aliphatic heterocycles. The van der Waals surface area contributed by atoms with Crippen LogP contribution in [-0.4, -0.2) is 11.0 Å². The van der Waals surface area contributed by atoms with Crippen LogP contribution < -0.4 is 5.32 Å². The van der Waals surface area contributed by atoms with Crippen LogP contribution in [0.1, 0.15) is 44.7 Å². The van der Waals surface area contributed by atoms with Gasteiger partial charge >= 0.3 is 0 Å². The fourth-order valence-electron chi connectivity index (χ4n) is 2.28. The van der Waals surface area contributed by atoms with Gasteiger partial charge in [0, 0.05) is 10.9 Å². The van der Waals surface area contributed by atoms with Gasteiger partial charge in [0.05, 0.1) is 5.69 Å². The van der Waals surface area contributed by atoms with Gasteiger partial charge in [0.1, 0.15) is 0 Å². The van der Waals surface area contributed by atoms with Gasteiger partial charge in [0.2, 0.25) is 0 Å². The van der Waals surface area contributed by atoms with Gasteiger partial charge in [0.15, 0.2) is 5.13 Å². The Kier molecular flexibility index (Phi) is 3.53. The molecule has 1 heterocycles. The summed E-state index contributed by atoms with van der Waals surface area (Å²) in [5, 5.41) is 4.53. The standard InChI is InChI=1S/C13H22N2S/c1-8(2)10-5-6-11-12(7-10)16-13(15-11)14-9(3)4/h8-10H,5-7H2,1-4H3,(H,14,15). The minimum absolute atomic E-state index is 0.480. The van der Waals surface area contributed by atoms with Crippen molar-refractivity contribution in [1.82, 2.24) is 4.98 Å². The molecule has 1 N–H and O–H groups in total. The summed E-state index contributed by atoms with van der Waals surface area (Å²) in [6.45, 7) is 9.00. The number of aryl methyl sites for hydroxylation is 1. The highest BCUT2D eigenvalue weighted by Crippen LogP contribution is 2.35. The highest BCUT2D eigenvalue weighted by atomic mass is 32.1. The van der Waals surface area contributed by atoms with Crippen LogP contribution in [0.5, 0.6) is 0 Å². The van der Waals surface area contributed by atoms with Crippen LogP contribution in [0.4, 0.5) is 5.13 Å². The monoisotopic (exact) mass is 238 g/mol. The smallest absolute Gasteiger partial charge is 0.183 e. The van der Waals surface area contributed by atoms with E-state index in [0.29, 0.717) is 6.04 Å². The molecule has 0 spiro atoms. The SMILES string of the molecule is CC(C)Nc1nc2c(s1)CC(C(C)C)CC2. The third-order valence-corrected chi connectivity index (χ3v) is 4.38. The molecule has 3 heteroatoms. The topological polar surface area (TPSA) is 24.9 Å². The Balaban J connectivity index is 2.10. The maximum atomic E-state index is 4.69. The average molecular weight is 238 g/mol. The lowest BCUT2D eigenvalue weighted by molar-refractivity contribution is 0.344. The Bertz CT molecular complexity index is 355. The molecule has 0 saturated carbocycles. The quantitative estimate of drug-likeness (QED) is 0.868. The van der Waals surface area contributed by atoms with Crippen molar-refractivity contribution in [2.75, 3.05) is 5.32 Å². The zero-order valence-corrected chi connectivity index (χ0v) is 11.5. The van der Waals surface area contributed by atoms with Crippen molar-refractivity contribution in [3.8, 4) is 0 Å². The summed E-state index contributed by atoms with van der Waals surface area (Å²) >= 11 is 1.86. The third kappa shape index (κ3) is 2.57. The first-order valence-corrected chi connectivity index (χ1v) is 7.13. The highest BCUT2D eigenvalue weighted by molar-refractivity contribution is 7.15. The lowest BCUT2D eigenvalue weighted by Gasteiger charge is -2.24. The fraction of sp³-hybridized carbons (Fsp3) is 0.769. The number of aromatic nitrogens is 1. The molecule has 1 aromatic rings. The Morgan fingerprint density at radius 1 is 1.31 bits per heavy atom. The number of nitrogens with zero attached hydrogens (tertiary/aromatic N) is 1. The molecule has 0 saturated heterocycles. The van der Waals surface area contributed by atoms with Crippen molar-refractivity contribution in [2.45, 2.75) is 53.0 Å². The average Bonchev–Trinajstić information content (AvgIpc) is 2.56. The minimum atomic E-state index is 0.480. The second kappa shape index (κ2) is 4.74. The van der Waals surface area contributed by atoms with Gasteiger partial charge in [-0.15, -0.1) is 11.3 Å². The number of hydrogen-bond acceptors (Lipinski definition) is 3. The molecule has 90 valence electrons. The van der Waals surface area contributed by atoms with Gasteiger partial charge in [-0.3, -0.25) is 0 Å². The Morgan fingerprint density at radius 2 is 2.06 bits per heavy atom. The second-order valence-electron chi connectivity index (χ2n) is 5.43. The maximum Gasteiger partial charge on any atom is 0.183 e. The normalized spacial score (nSPS) is 20.2. The molecule has 0 amide bonds. The summed E-state index contributed by atoms with van der Waals surface area (Å²) in [6, 6.07) is 0.480. The van der Waals surface area contributed by atoms with Crippen molar-refractivity contribution >= 4 is 16.5 Å². The Morgan fingerprint density at radius 3 is 2.69 bits per heavy atom. The van der Waals surface area contributed by atoms with Crippen LogP contribution in [0.3, 0.4) is 0 Å². The molecule has 2 nitrogen and oxygen atoms in total. The molecule has 1 unspecified atom stereocenters. The molecule has 0 aromatic carbocycles. The van der Waals surface area contributed by atoms with E-state index in [2.05, 4.69) is 33.0 Å². The lowest BCUT2D eigenvalue weighted by atomic mass is 9.83. The van der Waals surface area contributed by atoms with E-state index in [1.807, 2.05) is 11.3 Å². The van der Waals surface area contributed by atoms with E-state index in [0.717, 1.165) is 17.0 Å². The minimum Gasteiger partial charge on any atom is -0.359 e. The zero-order chi connectivity index (χ0) is 11.7. The largest absolute Gasteiger partial charge is 0.359 e. The van der Waals surface area contributed by atoms with Crippen LogP contribution in [0, 0.1) is 11.8 Å². The lowest BCUT2D eigenvalue weighted by Crippen LogP contribution is -2.17. The van der Waals surface area contributed by atoms with Crippen molar-refractivity contribution in [2.24, 2.45) is 11.8 Å². The number of fused-ring (bicyclic) bond motifs is 1. The van der Waals surface area contributed by atoms with E-state index in [-0.39, 0.29) is 0 Å². The summed E-state index contributed by atoms with van der Waals surface area (Å²) in [7, 11) is 0. The van der Waals surface area contributed by atoms with Crippen LogP contribution in [-0.2, 0) is 12.8 Å². The summed E-state index contributed by atoms with van der Waals surface area (Å²) < 4.78 is 0. The molecular formula is C13H22N2S. The van der Waals surface area contributed by atoms with Crippen molar-refractivity contribution < 1.29 is 0 Å². The first-order valence-electron chi connectivity index (χ1n) is 6.31. The first kappa shape index (κ1) is 11.9. The van der Waals surface area contributed by atoms with Gasteiger partial charge in [0.25, 0.3) is 0 Å². The summed E-state index contributed by atoms with van der Waals surface area (Å²) in [4.78, 5) is 6.21. The van der Waals surface area contributed by atoms with E-state index in [1.54, 1.807) is 0 Å². The summed E-state index contributed by atoms with van der Waals surface area (Å²) in [6.07, 6.45) is 3.73. The number of thiazole rings is 1. The molecule has 2 rings (SSSR count). The van der Waals surface area contributed by atoms with Crippen LogP contribution in [0.15, 0.2) is 0 Å². The summed E-state index contributed by atoms with van der Waals surface area (Å²) in [5.74, 6) is 1.66. The van der Waals surface area contributed by atoms with Gasteiger partial charge in [-0.1, -0.05) is 13.8 Å². The van der Waals surface area contributed by atoms with E-state index in [4.69, 9.17) is 4.98 Å². The highest BCUT2D eigenvalue weighted by Gasteiger charge is 2.24. The van der Waals surface area contributed by atoms with Gasteiger partial charge in [-0.05, 0) is 44.9 Å². The molecule has 1 aliphatic carbocycles. The van der Waals surface area contributed by atoms with Gasteiger partial charge in [-0.2, -0.15) is 0 Å². The van der Waals surface area contributed by atoms with E-state index in [9.17, 15) is 0 Å². The Labute approximate surface area is 102 Å². The van der Waals surface area contributed by atoms with Crippen LogP contribution in [0.25, 0.3) is 0 Å². The van der Waals surface area contributed by atoms with E-state index >= 15 is 0 Å². The zero-order valence-electron chi connectivity index (χ0n) is 10.7. The maximum absolute atomic E-state index is 4.69. The first-order chi connectivity index (χ1) is 7.56. The van der Waals surface area contributed by atoms with E-state index < -0.39 is 0 Å². The second-order valence-corrected chi connectivity index (χ2v) is 6.52.